The van der Waals surface area contributed by atoms with Gasteiger partial charge in [0.25, 0.3) is 8.81 Å². The summed E-state index contributed by atoms with van der Waals surface area (Å²) in [7, 11) is 9.53. The zero-order valence-electron chi connectivity index (χ0n) is 47.4. The first-order valence-electron chi connectivity index (χ1n) is 25.1. The molecular formula is C61H47BBrCl8F3N4O11PS3. The second-order valence-electron chi connectivity index (χ2n) is 17.4. The molecule has 11 aromatic rings. The van der Waals surface area contributed by atoms with Crippen molar-refractivity contribution in [2.45, 2.75) is 21.9 Å². The first-order chi connectivity index (χ1) is 43.4. The number of nitrogens with zero attached hydrogens (tertiary/aromatic N) is 3. The van der Waals surface area contributed by atoms with E-state index < -0.39 is 37.0 Å². The zero-order chi connectivity index (χ0) is 68.6. The van der Waals surface area contributed by atoms with Crippen molar-refractivity contribution in [1.82, 2.24) is 9.97 Å². The van der Waals surface area contributed by atoms with Gasteiger partial charge in [-0.25, -0.2) is 27.7 Å². The number of hydrogen-bond donors (Lipinski definition) is 3. The molecule has 7 aromatic carbocycles. The average Bonchev–Trinajstić information content (AvgIpc) is 1.63. The number of H-pyrrole nitrogens is 1. The fourth-order valence-electron chi connectivity index (χ4n) is 7.87. The summed E-state index contributed by atoms with van der Waals surface area (Å²) < 4.78 is 71.6. The molecule has 15 nitrogen and oxygen atoms in total. The van der Waals surface area contributed by atoms with Crippen molar-refractivity contribution in [3.63, 3.8) is 0 Å². The number of aromatic hydroxyl groups is 1. The fourth-order valence-corrected chi connectivity index (χ4v) is 11.1. The third kappa shape index (κ3) is 25.1. The van der Waals surface area contributed by atoms with Gasteiger partial charge < -0.3 is 29.0 Å². The van der Waals surface area contributed by atoms with E-state index in [9.17, 15) is 41.7 Å². The van der Waals surface area contributed by atoms with Crippen LogP contribution in [0.2, 0.25) is 5.15 Å². The minimum absolute atomic E-state index is 0. The number of thiol groups is 1. The number of methoxy groups -OCH3 is 4. The number of thiophene rings is 2. The summed E-state index contributed by atoms with van der Waals surface area (Å²) in [5.74, 6) is -3.12. The number of hydrogen-bond acceptors (Lipinski definition) is 17. The maximum absolute atomic E-state index is 13.3. The van der Waals surface area contributed by atoms with E-state index in [1.807, 2.05) is 42.5 Å². The molecule has 32 heteroatoms. The molecule has 0 saturated heterocycles. The van der Waals surface area contributed by atoms with Gasteiger partial charge in [-0.05, 0) is 112 Å². The summed E-state index contributed by atoms with van der Waals surface area (Å²) in [4.78, 5) is 64.0. The van der Waals surface area contributed by atoms with Crippen molar-refractivity contribution in [1.29, 1.82) is 5.26 Å². The monoisotopic (exact) mass is 1560 g/mol. The van der Waals surface area contributed by atoms with Crippen molar-refractivity contribution >= 4 is 242 Å². The van der Waals surface area contributed by atoms with E-state index in [0.717, 1.165) is 68.9 Å². The van der Waals surface area contributed by atoms with E-state index in [4.69, 9.17) is 68.4 Å². The van der Waals surface area contributed by atoms with Crippen LogP contribution in [0.3, 0.4) is 0 Å². The molecule has 0 aliphatic carbocycles. The molecule has 487 valence electrons. The van der Waals surface area contributed by atoms with Crippen LogP contribution in [0.5, 0.6) is 5.75 Å². The van der Waals surface area contributed by atoms with Crippen molar-refractivity contribution in [2.75, 3.05) is 28.4 Å². The number of aromatic amines is 1. The molecule has 11 rings (SSSR count). The first-order valence-corrected chi connectivity index (χ1v) is 34.4. The second kappa shape index (κ2) is 39.0. The van der Waals surface area contributed by atoms with Crippen LogP contribution in [0.1, 0.15) is 49.7 Å². The molecule has 1 atom stereocenters. The minimum atomic E-state index is -3.22. The Labute approximate surface area is 592 Å². The number of fused-ring (bicyclic) bond motifs is 10. The van der Waals surface area contributed by atoms with Gasteiger partial charge in [-0.15, -0.1) is 22.7 Å². The van der Waals surface area contributed by atoms with Crippen molar-refractivity contribution in [3.05, 3.63) is 212 Å². The van der Waals surface area contributed by atoms with Crippen molar-refractivity contribution in [3.8, 4) is 11.8 Å². The van der Waals surface area contributed by atoms with Gasteiger partial charge in [-0.1, -0.05) is 160 Å². The summed E-state index contributed by atoms with van der Waals surface area (Å²) in [6.45, 7) is 0. The number of aromatic nitrogens is 2. The van der Waals surface area contributed by atoms with Gasteiger partial charge >= 0.3 is 53.8 Å². The molecule has 4 aromatic heterocycles. The van der Waals surface area contributed by atoms with Crippen LogP contribution >= 0.6 is 148 Å². The molecule has 4 heterocycles. The Morgan fingerprint density at radius 3 is 1.67 bits per heavy atom. The van der Waals surface area contributed by atoms with Gasteiger partial charge in [0.1, 0.15) is 39.3 Å². The predicted molar refractivity (Wildman–Crippen MR) is 380 cm³/mol. The van der Waals surface area contributed by atoms with Crippen LogP contribution in [0.4, 0.5) is 13.2 Å². The van der Waals surface area contributed by atoms with Crippen LogP contribution in [0, 0.1) is 28.8 Å². The molecule has 0 saturated carbocycles. The summed E-state index contributed by atoms with van der Waals surface area (Å²) in [6.07, 6.45) is 0.0712. The number of alkyl halides is 5. The second-order valence-corrected chi connectivity index (χ2v) is 31.1. The third-order valence-electron chi connectivity index (χ3n) is 11.6. The van der Waals surface area contributed by atoms with Crippen LogP contribution < -0.4 is 5.56 Å². The number of nitriles is 1. The van der Waals surface area contributed by atoms with E-state index in [1.165, 1.54) is 64.0 Å². The number of halogens is 12. The van der Waals surface area contributed by atoms with Crippen molar-refractivity contribution < 1.29 is 61.0 Å². The maximum atomic E-state index is 13.3. The number of ether oxygens (including phenoxy) is 4. The molecule has 0 aliphatic heterocycles. The summed E-state index contributed by atoms with van der Waals surface area (Å²) in [5.41, 5.74) is 3.50. The Bertz CT molecular complexity index is 4590. The average molecular weight is 1570 g/mol. The number of benzene rings is 7. The van der Waals surface area contributed by atoms with E-state index in [2.05, 4.69) is 103 Å². The molecule has 2 N–H and O–H groups in total. The molecule has 0 spiro atoms. The molecular weight excluding hydrogens is 1520 g/mol. The summed E-state index contributed by atoms with van der Waals surface area (Å²) in [6, 6.07) is 43.2. The van der Waals surface area contributed by atoms with Crippen LogP contribution in [-0.4, -0.2) is 78.3 Å². The van der Waals surface area contributed by atoms with Crippen LogP contribution in [0.15, 0.2) is 161 Å². The van der Waals surface area contributed by atoms with Crippen LogP contribution in [-0.2, 0) is 39.5 Å². The Morgan fingerprint density at radius 2 is 1.14 bits per heavy atom. The molecule has 0 amide bonds. The Balaban J connectivity index is 0.000000292. The van der Waals surface area contributed by atoms with Gasteiger partial charge in [0.15, 0.2) is 0 Å². The summed E-state index contributed by atoms with van der Waals surface area (Å²) >= 11 is 48.8. The molecule has 1 radical (unpaired) electrons. The topological polar surface area (TPSA) is 224 Å². The standard InChI is InChI=1S/C15H7ClFNS.C15H8FNOS.C11H11BrO4.C11H12O4.C7H4FNO.CCl4.CH4.BHNS.Cl3OP/c16-15-10-4-2-1-3-9(10)14-13(18-15)11-6-5-8(17)7-12(11)19-14;16-8-5-6-11-12(7-8)19-14-9-3-1-2-4-10(9)15(18)17-13(11)14;1-15-10(13)8-6-4-3-5-7(8)9(12)11(14)16-2;1-14-10(12)7-8-5-3-4-6-9(8)11(13)15-2;8-6-2-1-5(4-9)7(10)3-6;2-1(3,4)5;;1-2-3;1-5(2,3)4/h1-7H;1-7H,(H,17,18);3-6,9H,1-2H3;3-6H,7H2,1-2H3;1-3,10H;;1H4;3H;. The number of esters is 4. The van der Waals surface area contributed by atoms with E-state index in [-0.39, 0.29) is 48.3 Å². The number of phenolic OH excluding ortho intramolecular Hbond substituents is 1. The molecule has 0 bridgehead atoms. The van der Waals surface area contributed by atoms with Crippen molar-refractivity contribution in [2.24, 2.45) is 4.30 Å². The quantitative estimate of drug-likeness (QED) is 0.0268. The Hall–Kier alpha value is -6.20. The van der Waals surface area contributed by atoms with Gasteiger partial charge in [-0.2, -0.15) is 5.26 Å². The summed E-state index contributed by atoms with van der Waals surface area (Å²) in [5, 5.41) is 19.8. The Kier molecular flexibility index (Phi) is 34.0. The number of carbonyl (C=O) groups is 4. The third-order valence-corrected chi connectivity index (χ3v) is 15.2. The molecule has 93 heavy (non-hydrogen) atoms. The predicted octanol–water partition coefficient (Wildman–Crippen LogP) is 20.3. The van der Waals surface area contributed by atoms with Crippen LogP contribution in [0.25, 0.3) is 62.2 Å². The number of phenols is 1. The van der Waals surface area contributed by atoms with Gasteiger partial charge in [0.2, 0.25) is 0 Å². The fraction of sp³-hybridized carbons (Fsp3) is 0.131. The van der Waals surface area contributed by atoms with Gasteiger partial charge in [0.05, 0.1) is 72.0 Å². The normalized spacial score (nSPS) is 10.7. The zero-order valence-corrected chi connectivity index (χ0v) is 58.5. The molecule has 0 aliphatic rings. The van der Waals surface area contributed by atoms with E-state index in [0.29, 0.717) is 32.8 Å². The van der Waals surface area contributed by atoms with E-state index >= 15 is 0 Å². The number of carbonyl (C=O) groups excluding carboxylic acids is 4. The first kappa shape index (κ1) is 81.0. The Morgan fingerprint density at radius 1 is 0.699 bits per heavy atom. The van der Waals surface area contributed by atoms with Gasteiger partial charge in [0, 0.05) is 47.8 Å². The van der Waals surface area contributed by atoms with Gasteiger partial charge in [-0.3, -0.25) is 18.9 Å². The molecule has 0 fully saturated rings. The molecule has 1 unspecified atom stereocenters. The number of pyridine rings is 2. The van der Waals surface area contributed by atoms with E-state index in [1.54, 1.807) is 90.2 Å². The number of nitrogens with one attached hydrogen (secondary N) is 1. The number of rotatable bonds is 6. The SMILES string of the molecule is C.COC(=O)Cc1ccccc1C(=O)OC.COC(=O)c1ccccc1C(Br)C(=O)OC.ClC(Cl)(Cl)Cl.Fc1ccc2c(c1)sc1c3ccccc3c(Cl)nc21.N#Cc1ccc(F)cc1O.O=P(Cl)(Cl)Cl.O=c1[nH]c2c3ccc(F)cc3sc2c2ccccc12.[B]=NS.